The van der Waals surface area contributed by atoms with Crippen LogP contribution in [0.4, 0.5) is 17.6 Å². The van der Waals surface area contributed by atoms with Gasteiger partial charge < -0.3 is 5.73 Å². The van der Waals surface area contributed by atoms with Gasteiger partial charge in [-0.3, -0.25) is 4.90 Å². The first-order valence-electron chi connectivity index (χ1n) is 7.11. The Morgan fingerprint density at radius 1 is 1.29 bits per heavy atom. The van der Waals surface area contributed by atoms with Crippen LogP contribution in [-0.4, -0.2) is 24.0 Å². The first-order chi connectivity index (χ1) is 9.81. The van der Waals surface area contributed by atoms with Gasteiger partial charge in [0.2, 0.25) is 0 Å². The summed E-state index contributed by atoms with van der Waals surface area (Å²) < 4.78 is 51.5. The Hall–Kier alpha value is -1.14. The predicted molar refractivity (Wildman–Crippen MR) is 73.1 cm³/mol. The number of alkyl halides is 3. The lowest BCUT2D eigenvalue weighted by Crippen LogP contribution is -2.43. The SMILES string of the molecule is CC1CCC(CN)CN1Cc1ccc(F)c(C(F)(F)F)c1. The second-order valence-electron chi connectivity index (χ2n) is 5.77. The maximum Gasteiger partial charge on any atom is 0.419 e. The van der Waals surface area contributed by atoms with Gasteiger partial charge in [0.25, 0.3) is 0 Å². The molecule has 0 aliphatic carbocycles. The summed E-state index contributed by atoms with van der Waals surface area (Å²) >= 11 is 0. The van der Waals surface area contributed by atoms with E-state index in [0.717, 1.165) is 31.5 Å². The van der Waals surface area contributed by atoms with Crippen molar-refractivity contribution in [1.29, 1.82) is 0 Å². The van der Waals surface area contributed by atoms with Gasteiger partial charge >= 0.3 is 6.18 Å². The van der Waals surface area contributed by atoms with Gasteiger partial charge in [0.05, 0.1) is 5.56 Å². The van der Waals surface area contributed by atoms with Gasteiger partial charge in [-0.15, -0.1) is 0 Å². The van der Waals surface area contributed by atoms with Crippen molar-refractivity contribution in [1.82, 2.24) is 4.90 Å². The smallest absolute Gasteiger partial charge is 0.330 e. The number of nitrogens with two attached hydrogens (primary N) is 1. The molecule has 0 saturated carbocycles. The van der Waals surface area contributed by atoms with E-state index in [9.17, 15) is 17.6 Å². The molecule has 0 radical (unpaired) electrons. The van der Waals surface area contributed by atoms with Crippen LogP contribution in [0.1, 0.15) is 30.9 Å². The minimum atomic E-state index is -4.66. The van der Waals surface area contributed by atoms with Crippen molar-refractivity contribution in [3.63, 3.8) is 0 Å². The molecule has 2 N–H and O–H groups in total. The van der Waals surface area contributed by atoms with Crippen LogP contribution in [-0.2, 0) is 12.7 Å². The van der Waals surface area contributed by atoms with E-state index in [1.807, 2.05) is 0 Å². The predicted octanol–water partition coefficient (Wildman–Crippen LogP) is 3.40. The van der Waals surface area contributed by atoms with Crippen LogP contribution in [0.3, 0.4) is 0 Å². The molecule has 1 aromatic rings. The molecule has 0 bridgehead atoms. The zero-order valence-corrected chi connectivity index (χ0v) is 12.0. The fourth-order valence-corrected chi connectivity index (χ4v) is 2.80. The van der Waals surface area contributed by atoms with E-state index in [-0.39, 0.29) is 0 Å². The van der Waals surface area contributed by atoms with Crippen molar-refractivity contribution in [2.24, 2.45) is 11.7 Å². The van der Waals surface area contributed by atoms with E-state index in [1.165, 1.54) is 6.07 Å². The van der Waals surface area contributed by atoms with Crippen molar-refractivity contribution in [2.75, 3.05) is 13.1 Å². The molecular weight excluding hydrogens is 284 g/mol. The Bertz CT molecular complexity index is 487. The first kappa shape index (κ1) is 16.2. The molecule has 2 nitrogen and oxygen atoms in total. The molecule has 2 rings (SSSR count). The summed E-state index contributed by atoms with van der Waals surface area (Å²) in [7, 11) is 0. The Morgan fingerprint density at radius 2 is 2.00 bits per heavy atom. The number of benzene rings is 1. The summed E-state index contributed by atoms with van der Waals surface area (Å²) in [5, 5.41) is 0. The van der Waals surface area contributed by atoms with Gasteiger partial charge in [-0.1, -0.05) is 6.07 Å². The zero-order chi connectivity index (χ0) is 15.6. The summed E-state index contributed by atoms with van der Waals surface area (Å²) in [5.74, 6) is -0.846. The number of hydrogen-bond donors (Lipinski definition) is 1. The monoisotopic (exact) mass is 304 g/mol. The van der Waals surface area contributed by atoms with Crippen LogP contribution >= 0.6 is 0 Å². The molecule has 1 aromatic carbocycles. The van der Waals surface area contributed by atoms with Crippen LogP contribution in [0.25, 0.3) is 0 Å². The molecule has 1 aliphatic rings. The summed E-state index contributed by atoms with van der Waals surface area (Å²) in [6, 6.07) is 3.53. The van der Waals surface area contributed by atoms with Gasteiger partial charge in [0, 0.05) is 19.1 Å². The Kier molecular flexibility index (Phi) is 4.88. The third kappa shape index (κ3) is 3.95. The molecule has 1 fully saturated rings. The fourth-order valence-electron chi connectivity index (χ4n) is 2.80. The maximum absolute atomic E-state index is 13.3. The summed E-state index contributed by atoms with van der Waals surface area (Å²) in [4.78, 5) is 2.12. The molecule has 6 heteroatoms. The second-order valence-corrected chi connectivity index (χ2v) is 5.77. The van der Waals surface area contributed by atoms with Crippen LogP contribution < -0.4 is 5.73 Å². The van der Waals surface area contributed by atoms with Crippen molar-refractivity contribution >= 4 is 0 Å². The number of nitrogens with zero attached hydrogens (tertiary/aromatic N) is 1. The second kappa shape index (κ2) is 6.32. The molecule has 118 valence electrons. The van der Waals surface area contributed by atoms with Crippen molar-refractivity contribution in [3.05, 3.63) is 35.1 Å². The van der Waals surface area contributed by atoms with Gasteiger partial charge in [0.15, 0.2) is 0 Å². The highest BCUT2D eigenvalue weighted by Crippen LogP contribution is 2.32. The highest BCUT2D eigenvalue weighted by atomic mass is 19.4. The number of rotatable bonds is 3. The average Bonchev–Trinajstić information content (AvgIpc) is 2.42. The van der Waals surface area contributed by atoms with Gasteiger partial charge in [-0.05, 0) is 49.9 Å². The van der Waals surface area contributed by atoms with Crippen LogP contribution in [0, 0.1) is 11.7 Å². The van der Waals surface area contributed by atoms with Crippen LogP contribution in [0.5, 0.6) is 0 Å². The minimum Gasteiger partial charge on any atom is -0.330 e. The van der Waals surface area contributed by atoms with Gasteiger partial charge in [-0.25, -0.2) is 4.39 Å². The lowest BCUT2D eigenvalue weighted by molar-refractivity contribution is -0.140. The molecule has 0 amide bonds. The Balaban J connectivity index is 2.15. The normalized spacial score (nSPS) is 24.3. The molecule has 21 heavy (non-hydrogen) atoms. The molecule has 2 atom stereocenters. The van der Waals surface area contributed by atoms with Crippen LogP contribution in [0.2, 0.25) is 0 Å². The highest BCUT2D eigenvalue weighted by molar-refractivity contribution is 5.27. The largest absolute Gasteiger partial charge is 0.419 e. The number of piperidine rings is 1. The molecule has 1 saturated heterocycles. The zero-order valence-electron chi connectivity index (χ0n) is 12.0. The van der Waals surface area contributed by atoms with E-state index in [0.29, 0.717) is 30.6 Å². The lowest BCUT2D eigenvalue weighted by Gasteiger charge is -2.37. The number of likely N-dealkylation sites (tertiary alicyclic amines) is 1. The van der Waals surface area contributed by atoms with E-state index in [1.54, 1.807) is 0 Å². The Labute approximate surface area is 121 Å². The maximum atomic E-state index is 13.3. The summed E-state index contributed by atoms with van der Waals surface area (Å²) in [5.41, 5.74) is 4.97. The van der Waals surface area contributed by atoms with E-state index < -0.39 is 17.6 Å². The first-order valence-corrected chi connectivity index (χ1v) is 7.11. The molecule has 1 heterocycles. The number of halogens is 4. The van der Waals surface area contributed by atoms with Crippen molar-refractivity contribution < 1.29 is 17.6 Å². The van der Waals surface area contributed by atoms with E-state index in [4.69, 9.17) is 5.73 Å². The third-order valence-corrected chi connectivity index (χ3v) is 4.16. The highest BCUT2D eigenvalue weighted by Gasteiger charge is 2.34. The summed E-state index contributed by atoms with van der Waals surface area (Å²) in [6.45, 7) is 3.80. The van der Waals surface area contributed by atoms with Crippen molar-refractivity contribution in [2.45, 2.75) is 38.5 Å². The standard InChI is InChI=1S/C15H20F4N2/c1-10-2-3-12(7-20)9-21(10)8-11-4-5-14(16)13(6-11)15(17,18)19/h4-6,10,12H,2-3,7-9,20H2,1H3. The number of hydrogen-bond acceptors (Lipinski definition) is 2. The molecular formula is C15H20F4N2. The van der Waals surface area contributed by atoms with Gasteiger partial charge in [-0.2, -0.15) is 13.2 Å². The lowest BCUT2D eigenvalue weighted by atomic mass is 9.93. The van der Waals surface area contributed by atoms with Crippen LogP contribution in [0.15, 0.2) is 18.2 Å². The minimum absolute atomic E-state index is 0.298. The van der Waals surface area contributed by atoms with E-state index in [2.05, 4.69) is 11.8 Å². The topological polar surface area (TPSA) is 29.3 Å². The van der Waals surface area contributed by atoms with Gasteiger partial charge in [0.1, 0.15) is 5.82 Å². The van der Waals surface area contributed by atoms with Crippen molar-refractivity contribution in [3.8, 4) is 0 Å². The average molecular weight is 304 g/mol. The quantitative estimate of drug-likeness (QED) is 0.867. The third-order valence-electron chi connectivity index (χ3n) is 4.16. The molecule has 1 aliphatic heterocycles. The summed E-state index contributed by atoms with van der Waals surface area (Å²) in [6.07, 6.45) is -2.63. The van der Waals surface area contributed by atoms with E-state index >= 15 is 0 Å². The molecule has 2 unspecified atom stereocenters. The molecule has 0 aromatic heterocycles. The fraction of sp³-hybridized carbons (Fsp3) is 0.600. The molecule has 0 spiro atoms. The Morgan fingerprint density at radius 3 is 2.62 bits per heavy atom.